The zero-order valence-corrected chi connectivity index (χ0v) is 21.9. The molecule has 5 rings (SSSR count). The summed E-state index contributed by atoms with van der Waals surface area (Å²) >= 11 is 0. The molecule has 0 unspecified atom stereocenters. The first-order chi connectivity index (χ1) is 19.9. The summed E-state index contributed by atoms with van der Waals surface area (Å²) < 4.78 is 73.4. The maximum Gasteiger partial charge on any atom is 0.341 e. The van der Waals surface area contributed by atoms with E-state index in [1.807, 2.05) is 0 Å². The van der Waals surface area contributed by atoms with Crippen LogP contribution in [0.1, 0.15) is 42.1 Å². The summed E-state index contributed by atoms with van der Waals surface area (Å²) in [5.41, 5.74) is -6.69. The van der Waals surface area contributed by atoms with Crippen LogP contribution in [-0.2, 0) is 14.4 Å². The fourth-order valence-electron chi connectivity index (χ4n) is 6.49. The van der Waals surface area contributed by atoms with E-state index in [2.05, 4.69) is 16.0 Å². The highest BCUT2D eigenvalue weighted by atomic mass is 19.1. The van der Waals surface area contributed by atoms with Gasteiger partial charge in [0.1, 0.15) is 28.3 Å². The molecule has 1 aliphatic heterocycles. The van der Waals surface area contributed by atoms with Crippen LogP contribution in [0.15, 0.2) is 17.1 Å². The maximum atomic E-state index is 16.3. The van der Waals surface area contributed by atoms with Crippen molar-refractivity contribution in [1.82, 2.24) is 20.5 Å². The van der Waals surface area contributed by atoms with Crippen molar-refractivity contribution in [3.05, 3.63) is 39.7 Å². The van der Waals surface area contributed by atoms with Crippen LogP contribution in [0.25, 0.3) is 10.9 Å². The molecule has 2 heterocycles. The van der Waals surface area contributed by atoms with Crippen LogP contribution in [0, 0.1) is 17.6 Å². The van der Waals surface area contributed by atoms with E-state index in [0.717, 1.165) is 11.1 Å². The lowest BCUT2D eigenvalue weighted by Crippen LogP contribution is -2.78. The largest absolute Gasteiger partial charge is 0.477 e. The standard InChI is InChI=1S/C26H26F5N5O6/c27-6-17(37)32-25-11-35(9-12(25)3-4-26(25,33-18(38)7-28)34-19(39)8-29)22-16(30)5-14-21(20(22)31)36(13-1-2-13)10-15(23(14)40)24(41)42/h5,10,12-13H,1-4,6-9,11H2,(H,32,37)(H,33,38)(H,34,39)(H,41,42)/t12-,25-/m0/s1. The number of pyridine rings is 1. The molecule has 226 valence electrons. The van der Waals surface area contributed by atoms with Gasteiger partial charge in [0.25, 0.3) is 17.7 Å². The molecular weight excluding hydrogens is 573 g/mol. The second kappa shape index (κ2) is 10.5. The average molecular weight is 600 g/mol. The number of amides is 3. The highest BCUT2D eigenvalue weighted by molar-refractivity contribution is 5.94. The second-order valence-corrected chi connectivity index (χ2v) is 10.8. The van der Waals surface area contributed by atoms with Gasteiger partial charge in [-0.2, -0.15) is 0 Å². The summed E-state index contributed by atoms with van der Waals surface area (Å²) in [5, 5.41) is 15.9. The quantitative estimate of drug-likeness (QED) is 0.250. The fraction of sp³-hybridized carbons (Fsp3) is 0.500. The summed E-state index contributed by atoms with van der Waals surface area (Å²) in [5.74, 6) is -8.53. The summed E-state index contributed by atoms with van der Waals surface area (Å²) in [6.45, 7) is -5.43. The van der Waals surface area contributed by atoms with Crippen LogP contribution in [-0.4, -0.2) is 77.7 Å². The highest BCUT2D eigenvalue weighted by Crippen LogP contribution is 2.49. The van der Waals surface area contributed by atoms with E-state index in [-0.39, 0.29) is 30.9 Å². The summed E-state index contributed by atoms with van der Waals surface area (Å²) in [6.07, 6.45) is 2.02. The van der Waals surface area contributed by atoms with Gasteiger partial charge in [-0.15, -0.1) is 0 Å². The molecule has 42 heavy (non-hydrogen) atoms. The van der Waals surface area contributed by atoms with E-state index in [1.165, 1.54) is 4.57 Å². The number of carboxylic acid groups (broad SMARTS) is 1. The minimum Gasteiger partial charge on any atom is -0.477 e. The first-order valence-corrected chi connectivity index (χ1v) is 13.1. The number of nitrogens with zero attached hydrogens (tertiary/aromatic N) is 2. The minimum absolute atomic E-state index is 0.0633. The minimum atomic E-state index is -2.06. The molecule has 3 fully saturated rings. The SMILES string of the molecule is O=C(CF)NC1(NC(=O)CF)CC[C@H]2CN(c3c(F)cc4c(=O)c(C(=O)O)cn(C5CC5)c4c3F)C[C@]21NC(=O)CF. The number of rotatable bonds is 9. The maximum absolute atomic E-state index is 16.3. The van der Waals surface area contributed by atoms with Gasteiger partial charge < -0.3 is 30.5 Å². The second-order valence-electron chi connectivity index (χ2n) is 10.8. The molecule has 11 nitrogen and oxygen atoms in total. The lowest BCUT2D eigenvalue weighted by Gasteiger charge is -2.47. The van der Waals surface area contributed by atoms with E-state index >= 15 is 8.78 Å². The third-order valence-corrected chi connectivity index (χ3v) is 8.31. The molecule has 4 N–H and O–H groups in total. The summed E-state index contributed by atoms with van der Waals surface area (Å²) in [6, 6.07) is 0.373. The third kappa shape index (κ3) is 4.52. The molecule has 3 amide bonds. The van der Waals surface area contributed by atoms with E-state index in [0.29, 0.717) is 18.9 Å². The molecule has 1 aromatic carbocycles. The van der Waals surface area contributed by atoms with Gasteiger partial charge in [0.2, 0.25) is 5.43 Å². The Kier molecular flexibility index (Phi) is 7.35. The van der Waals surface area contributed by atoms with Crippen molar-refractivity contribution in [2.24, 2.45) is 5.92 Å². The van der Waals surface area contributed by atoms with Gasteiger partial charge in [-0.3, -0.25) is 19.2 Å². The van der Waals surface area contributed by atoms with Gasteiger partial charge >= 0.3 is 5.97 Å². The van der Waals surface area contributed by atoms with Gasteiger partial charge in [0.15, 0.2) is 25.8 Å². The average Bonchev–Trinajstić information content (AvgIpc) is 3.68. The molecule has 0 bridgehead atoms. The molecule has 2 saturated carbocycles. The van der Waals surface area contributed by atoms with Crippen LogP contribution in [0.3, 0.4) is 0 Å². The van der Waals surface area contributed by atoms with Crippen molar-refractivity contribution in [1.29, 1.82) is 0 Å². The van der Waals surface area contributed by atoms with Crippen LogP contribution < -0.4 is 26.3 Å². The number of anilines is 1. The monoisotopic (exact) mass is 599 g/mol. The molecule has 2 aliphatic carbocycles. The predicted octanol–water partition coefficient (Wildman–Crippen LogP) is 1.23. The zero-order chi connectivity index (χ0) is 30.6. The van der Waals surface area contributed by atoms with Crippen molar-refractivity contribution in [3.8, 4) is 0 Å². The fourth-order valence-corrected chi connectivity index (χ4v) is 6.49. The number of aromatic nitrogens is 1. The van der Waals surface area contributed by atoms with Crippen molar-refractivity contribution in [2.45, 2.75) is 42.9 Å². The van der Waals surface area contributed by atoms with Crippen LogP contribution in [0.4, 0.5) is 27.6 Å². The number of carbonyl (C=O) groups is 4. The molecule has 1 aromatic heterocycles. The van der Waals surface area contributed by atoms with Crippen LogP contribution in [0.5, 0.6) is 0 Å². The first kappa shape index (κ1) is 29.3. The molecular formula is C26H26F5N5O6. The van der Waals surface area contributed by atoms with E-state index in [1.54, 1.807) is 0 Å². The van der Waals surface area contributed by atoms with E-state index in [9.17, 15) is 42.3 Å². The number of carboxylic acids is 1. The highest BCUT2D eigenvalue weighted by Gasteiger charge is 2.66. The van der Waals surface area contributed by atoms with Gasteiger partial charge in [0.05, 0.1) is 10.9 Å². The van der Waals surface area contributed by atoms with Crippen molar-refractivity contribution in [3.63, 3.8) is 0 Å². The number of hydrogen-bond donors (Lipinski definition) is 4. The molecule has 3 aliphatic rings. The molecule has 0 radical (unpaired) electrons. The topological polar surface area (TPSA) is 150 Å². The smallest absolute Gasteiger partial charge is 0.341 e. The Morgan fingerprint density at radius 1 is 0.952 bits per heavy atom. The van der Waals surface area contributed by atoms with E-state index < -0.39 is 101 Å². The van der Waals surface area contributed by atoms with Crippen molar-refractivity contribution < 1.29 is 46.2 Å². The number of halogens is 5. The number of nitrogens with one attached hydrogen (secondary N) is 3. The molecule has 1 saturated heterocycles. The Labute approximate surface area is 234 Å². The third-order valence-electron chi connectivity index (χ3n) is 8.31. The number of fused-ring (bicyclic) bond motifs is 2. The van der Waals surface area contributed by atoms with Crippen molar-refractivity contribution >= 4 is 40.3 Å². The van der Waals surface area contributed by atoms with Crippen molar-refractivity contribution in [2.75, 3.05) is 38.0 Å². The van der Waals surface area contributed by atoms with Crippen LogP contribution in [0.2, 0.25) is 0 Å². The Bertz CT molecular complexity index is 1540. The summed E-state index contributed by atoms with van der Waals surface area (Å²) in [4.78, 5) is 62.5. The molecule has 0 spiro atoms. The number of aromatic carboxylic acids is 1. The number of hydrogen-bond acceptors (Lipinski definition) is 6. The Morgan fingerprint density at radius 2 is 1.55 bits per heavy atom. The molecule has 2 aromatic rings. The molecule has 2 atom stereocenters. The Balaban J connectivity index is 1.67. The predicted molar refractivity (Wildman–Crippen MR) is 136 cm³/mol. The first-order valence-electron chi connectivity index (χ1n) is 13.1. The van der Waals surface area contributed by atoms with Gasteiger partial charge in [-0.05, 0) is 31.7 Å². The zero-order valence-electron chi connectivity index (χ0n) is 21.9. The Hall–Kier alpha value is -4.24. The van der Waals surface area contributed by atoms with E-state index in [4.69, 9.17) is 0 Å². The normalized spacial score (nSPS) is 22.6. The lowest BCUT2D eigenvalue weighted by molar-refractivity contribution is -0.133. The van der Waals surface area contributed by atoms with Crippen LogP contribution >= 0.6 is 0 Å². The number of carbonyl (C=O) groups excluding carboxylic acids is 3. The van der Waals surface area contributed by atoms with Gasteiger partial charge in [-0.25, -0.2) is 26.7 Å². The number of alkyl halides is 3. The number of benzene rings is 1. The molecule has 16 heteroatoms. The van der Waals surface area contributed by atoms with Gasteiger partial charge in [-0.1, -0.05) is 0 Å². The van der Waals surface area contributed by atoms with Gasteiger partial charge in [0, 0.05) is 31.2 Å². The Morgan fingerprint density at radius 3 is 2.10 bits per heavy atom. The summed E-state index contributed by atoms with van der Waals surface area (Å²) in [7, 11) is 0. The lowest BCUT2D eigenvalue weighted by atomic mass is 9.81.